The summed E-state index contributed by atoms with van der Waals surface area (Å²) in [6, 6.07) is 39.2. The topological polar surface area (TPSA) is 32.3 Å². The van der Waals surface area contributed by atoms with E-state index >= 15 is 0 Å². The molecule has 4 aromatic carbocycles. The quantitative estimate of drug-likeness (QED) is 0.273. The number of carbonyl (C=O) groups excluding carboxylic acids is 1. The summed E-state index contributed by atoms with van der Waals surface area (Å²) in [5.74, 6) is -0.00212. The highest BCUT2D eigenvalue weighted by Crippen LogP contribution is 2.34. The van der Waals surface area contributed by atoms with Gasteiger partial charge in [-0.05, 0) is 66.4 Å². The lowest BCUT2D eigenvalue weighted by Gasteiger charge is -2.25. The molecule has 0 aliphatic heterocycles. The zero-order valence-electron chi connectivity index (χ0n) is 19.5. The number of rotatable bonds is 9. The lowest BCUT2D eigenvalue weighted by molar-refractivity contribution is -0.117. The monoisotopic (exact) mass is 446 g/mol. The van der Waals surface area contributed by atoms with E-state index in [9.17, 15) is 4.79 Å². The molecular formula is C31H30N2O. The largest absolute Gasteiger partial charge is 0.352 e. The third-order valence-corrected chi connectivity index (χ3v) is 5.74. The van der Waals surface area contributed by atoms with Crippen LogP contribution in [0.3, 0.4) is 0 Å². The maximum absolute atomic E-state index is 12.7. The fraction of sp³-hybridized carbons (Fsp3) is 0.129. The van der Waals surface area contributed by atoms with Crippen LogP contribution in [0.4, 0.5) is 17.1 Å². The van der Waals surface area contributed by atoms with Crippen LogP contribution in [0.1, 0.15) is 24.5 Å². The van der Waals surface area contributed by atoms with E-state index < -0.39 is 0 Å². The molecule has 0 bridgehead atoms. The van der Waals surface area contributed by atoms with Gasteiger partial charge in [-0.25, -0.2) is 0 Å². The van der Waals surface area contributed by atoms with Gasteiger partial charge in [-0.1, -0.05) is 85.8 Å². The van der Waals surface area contributed by atoms with Gasteiger partial charge < -0.3 is 10.2 Å². The molecular weight excluding hydrogens is 416 g/mol. The van der Waals surface area contributed by atoms with Crippen molar-refractivity contribution < 1.29 is 4.79 Å². The number of hydrogen-bond acceptors (Lipinski definition) is 2. The van der Waals surface area contributed by atoms with Gasteiger partial charge in [0.2, 0.25) is 5.91 Å². The molecule has 0 fully saturated rings. The van der Waals surface area contributed by atoms with Gasteiger partial charge in [0.15, 0.2) is 0 Å². The van der Waals surface area contributed by atoms with Gasteiger partial charge in [0.25, 0.3) is 0 Å². The second kappa shape index (κ2) is 11.7. The third-order valence-electron chi connectivity index (χ3n) is 5.74. The zero-order valence-corrected chi connectivity index (χ0v) is 19.5. The van der Waals surface area contributed by atoms with Crippen molar-refractivity contribution in [3.63, 3.8) is 0 Å². The van der Waals surface area contributed by atoms with E-state index in [1.54, 1.807) is 0 Å². The minimum Gasteiger partial charge on any atom is -0.352 e. The normalized spacial score (nSPS) is 11.1. The smallest absolute Gasteiger partial charge is 0.247 e. The molecule has 0 heterocycles. The van der Waals surface area contributed by atoms with Crippen LogP contribution >= 0.6 is 0 Å². The van der Waals surface area contributed by atoms with E-state index in [0.717, 1.165) is 34.6 Å². The third kappa shape index (κ3) is 6.02. The molecule has 0 aromatic heterocycles. The van der Waals surface area contributed by atoms with E-state index in [-0.39, 0.29) is 5.91 Å². The summed E-state index contributed by atoms with van der Waals surface area (Å²) in [6.45, 7) is 2.64. The van der Waals surface area contributed by atoms with Gasteiger partial charge in [0, 0.05) is 29.2 Å². The Bertz CT molecular complexity index is 1160. The first-order valence-electron chi connectivity index (χ1n) is 11.8. The maximum atomic E-state index is 12.7. The molecule has 0 aliphatic carbocycles. The van der Waals surface area contributed by atoms with Gasteiger partial charge in [-0.3, -0.25) is 4.79 Å². The van der Waals surface area contributed by atoms with Crippen LogP contribution in [0.2, 0.25) is 0 Å². The SMILES string of the molecule is CC/C(=C/c1ccc(N(c2ccccc2)c2ccccc2)cc1)C(=O)NCCc1ccccc1. The Labute approximate surface area is 202 Å². The summed E-state index contributed by atoms with van der Waals surface area (Å²) in [6.07, 6.45) is 3.49. The molecule has 3 heteroatoms. The van der Waals surface area contributed by atoms with Crippen LogP contribution in [0.25, 0.3) is 6.08 Å². The molecule has 0 radical (unpaired) electrons. The molecule has 170 valence electrons. The van der Waals surface area contributed by atoms with Crippen molar-refractivity contribution in [2.45, 2.75) is 19.8 Å². The van der Waals surface area contributed by atoms with Crippen molar-refractivity contribution in [2.75, 3.05) is 11.4 Å². The lowest BCUT2D eigenvalue weighted by Crippen LogP contribution is -2.27. The minimum atomic E-state index is -0.00212. The summed E-state index contributed by atoms with van der Waals surface area (Å²) in [5.41, 5.74) is 6.29. The highest BCUT2D eigenvalue weighted by Gasteiger charge is 2.12. The van der Waals surface area contributed by atoms with E-state index in [2.05, 4.69) is 70.9 Å². The predicted molar refractivity (Wildman–Crippen MR) is 143 cm³/mol. The first kappa shape index (κ1) is 23.1. The first-order valence-corrected chi connectivity index (χ1v) is 11.8. The van der Waals surface area contributed by atoms with Crippen LogP contribution in [0, 0.1) is 0 Å². The average molecular weight is 447 g/mol. The van der Waals surface area contributed by atoms with Gasteiger partial charge in [-0.2, -0.15) is 0 Å². The zero-order chi connectivity index (χ0) is 23.6. The van der Waals surface area contributed by atoms with Crippen LogP contribution in [-0.4, -0.2) is 12.5 Å². The lowest BCUT2D eigenvalue weighted by atomic mass is 10.1. The van der Waals surface area contributed by atoms with Crippen molar-refractivity contribution in [3.05, 3.63) is 132 Å². The number of para-hydroxylation sites is 2. The van der Waals surface area contributed by atoms with Crippen LogP contribution in [-0.2, 0) is 11.2 Å². The summed E-state index contributed by atoms with van der Waals surface area (Å²) < 4.78 is 0. The van der Waals surface area contributed by atoms with Crippen LogP contribution in [0.5, 0.6) is 0 Å². The molecule has 0 unspecified atom stereocenters. The Balaban J connectivity index is 1.49. The van der Waals surface area contributed by atoms with Crippen molar-refractivity contribution in [1.82, 2.24) is 5.32 Å². The van der Waals surface area contributed by atoms with Gasteiger partial charge in [0.1, 0.15) is 0 Å². The van der Waals surface area contributed by atoms with Gasteiger partial charge in [-0.15, -0.1) is 0 Å². The molecule has 4 rings (SSSR count). The number of nitrogens with zero attached hydrogens (tertiary/aromatic N) is 1. The Morgan fingerprint density at radius 3 is 1.74 bits per heavy atom. The second-order valence-corrected chi connectivity index (χ2v) is 8.11. The molecule has 34 heavy (non-hydrogen) atoms. The van der Waals surface area contributed by atoms with Crippen molar-refractivity contribution in [1.29, 1.82) is 0 Å². The number of amides is 1. The highest BCUT2D eigenvalue weighted by atomic mass is 16.1. The molecule has 0 atom stereocenters. The Hall–Kier alpha value is -4.11. The van der Waals surface area contributed by atoms with Crippen molar-refractivity contribution in [2.24, 2.45) is 0 Å². The Morgan fingerprint density at radius 2 is 1.21 bits per heavy atom. The molecule has 1 amide bonds. The standard InChI is InChI=1S/C31H30N2O/c1-2-27(31(34)32-23-22-25-12-6-3-7-13-25)24-26-18-20-30(21-19-26)33(28-14-8-4-9-15-28)29-16-10-5-11-17-29/h3-21,24H,2,22-23H2,1H3,(H,32,34)/b27-24-. The number of nitrogens with one attached hydrogen (secondary N) is 1. The number of benzene rings is 4. The molecule has 1 N–H and O–H groups in total. The molecule has 0 spiro atoms. The van der Waals surface area contributed by atoms with Gasteiger partial charge in [0.05, 0.1) is 0 Å². The van der Waals surface area contributed by atoms with Crippen LogP contribution in [0.15, 0.2) is 121 Å². The summed E-state index contributed by atoms with van der Waals surface area (Å²) in [7, 11) is 0. The van der Waals surface area contributed by atoms with E-state index in [1.807, 2.05) is 67.6 Å². The van der Waals surface area contributed by atoms with E-state index in [4.69, 9.17) is 0 Å². The second-order valence-electron chi connectivity index (χ2n) is 8.11. The predicted octanol–water partition coefficient (Wildman–Crippen LogP) is 7.31. The molecule has 3 nitrogen and oxygen atoms in total. The fourth-order valence-corrected chi connectivity index (χ4v) is 3.93. The maximum Gasteiger partial charge on any atom is 0.247 e. The van der Waals surface area contributed by atoms with E-state index in [0.29, 0.717) is 13.0 Å². The summed E-state index contributed by atoms with van der Waals surface area (Å²) >= 11 is 0. The molecule has 0 aliphatic rings. The Morgan fingerprint density at radius 1 is 0.706 bits per heavy atom. The Kier molecular flexibility index (Phi) is 7.91. The first-order chi connectivity index (χ1) is 16.7. The molecule has 4 aromatic rings. The van der Waals surface area contributed by atoms with E-state index in [1.165, 1.54) is 5.56 Å². The number of hydrogen-bond donors (Lipinski definition) is 1. The molecule has 0 saturated carbocycles. The summed E-state index contributed by atoms with van der Waals surface area (Å²) in [4.78, 5) is 15.0. The number of anilines is 3. The molecule has 0 saturated heterocycles. The number of carbonyl (C=O) groups is 1. The fourth-order valence-electron chi connectivity index (χ4n) is 3.93. The summed E-state index contributed by atoms with van der Waals surface area (Å²) in [5, 5.41) is 3.06. The average Bonchev–Trinajstić information content (AvgIpc) is 2.90. The highest BCUT2D eigenvalue weighted by molar-refractivity contribution is 5.97. The van der Waals surface area contributed by atoms with Crippen molar-refractivity contribution in [3.8, 4) is 0 Å². The van der Waals surface area contributed by atoms with Gasteiger partial charge >= 0.3 is 0 Å². The van der Waals surface area contributed by atoms with Crippen LogP contribution < -0.4 is 10.2 Å². The minimum absolute atomic E-state index is 0.00212. The van der Waals surface area contributed by atoms with Crippen molar-refractivity contribution >= 4 is 29.0 Å².